The number of nitrogens with one attached hydrogen (secondary N) is 1. The predicted octanol–water partition coefficient (Wildman–Crippen LogP) is 1.24. The summed E-state index contributed by atoms with van der Waals surface area (Å²) < 4.78 is 33.0. The number of morpholine rings is 1. The highest BCUT2D eigenvalue weighted by molar-refractivity contribution is 7.89. The molecule has 0 saturated carbocycles. The fourth-order valence-corrected chi connectivity index (χ4v) is 5.20. The van der Waals surface area contributed by atoms with Gasteiger partial charge in [-0.05, 0) is 31.4 Å². The second-order valence-electron chi connectivity index (χ2n) is 7.25. The summed E-state index contributed by atoms with van der Waals surface area (Å²) in [6.07, 6.45) is 5.06. The van der Waals surface area contributed by atoms with Gasteiger partial charge in [0.2, 0.25) is 15.9 Å². The molecule has 1 amide bonds. The zero-order valence-corrected chi connectivity index (χ0v) is 17.3. The van der Waals surface area contributed by atoms with Gasteiger partial charge in [-0.2, -0.15) is 4.31 Å². The third kappa shape index (κ3) is 4.82. The third-order valence-electron chi connectivity index (χ3n) is 5.33. The molecular weight excluding hydrogens is 380 g/mol. The Morgan fingerprint density at radius 3 is 2.64 bits per heavy atom. The summed E-state index contributed by atoms with van der Waals surface area (Å²) in [4.78, 5) is 18.9. The van der Waals surface area contributed by atoms with Crippen molar-refractivity contribution in [1.82, 2.24) is 14.6 Å². The number of rotatable bonds is 7. The number of amides is 1. The molecule has 2 aliphatic rings. The van der Waals surface area contributed by atoms with Crippen LogP contribution in [0.15, 0.2) is 23.2 Å². The van der Waals surface area contributed by atoms with Crippen molar-refractivity contribution in [3.8, 4) is 0 Å². The van der Waals surface area contributed by atoms with E-state index in [4.69, 9.17) is 4.74 Å². The average molecular weight is 411 g/mol. The van der Waals surface area contributed by atoms with Crippen LogP contribution in [-0.2, 0) is 19.6 Å². The van der Waals surface area contributed by atoms with Crippen molar-refractivity contribution in [3.05, 3.63) is 18.3 Å². The lowest BCUT2D eigenvalue weighted by molar-refractivity contribution is -0.125. The molecule has 2 saturated heterocycles. The van der Waals surface area contributed by atoms with Gasteiger partial charge in [0, 0.05) is 44.8 Å². The van der Waals surface area contributed by atoms with Gasteiger partial charge in [0.15, 0.2) is 0 Å². The fraction of sp³-hybridized carbons (Fsp3) is 0.684. The van der Waals surface area contributed by atoms with Crippen molar-refractivity contribution in [2.24, 2.45) is 5.92 Å². The van der Waals surface area contributed by atoms with Crippen LogP contribution >= 0.6 is 0 Å². The molecule has 1 aromatic rings. The van der Waals surface area contributed by atoms with Crippen LogP contribution < -0.4 is 10.2 Å². The Hall–Kier alpha value is -1.71. The molecule has 1 aromatic heterocycles. The van der Waals surface area contributed by atoms with E-state index in [-0.39, 0.29) is 16.7 Å². The quantitative estimate of drug-likeness (QED) is 0.680. The summed E-state index contributed by atoms with van der Waals surface area (Å²) in [7, 11) is -3.62. The molecule has 2 fully saturated rings. The largest absolute Gasteiger partial charge is 0.379 e. The first kappa shape index (κ1) is 21.0. The van der Waals surface area contributed by atoms with Crippen molar-refractivity contribution in [2.45, 2.75) is 37.5 Å². The number of carbonyl (C=O) groups excluding carboxylic acids is 1. The predicted molar refractivity (Wildman–Crippen MR) is 107 cm³/mol. The minimum absolute atomic E-state index is 0.0175. The Morgan fingerprint density at radius 1 is 1.25 bits per heavy atom. The minimum atomic E-state index is -3.62. The van der Waals surface area contributed by atoms with Crippen molar-refractivity contribution < 1.29 is 17.9 Å². The van der Waals surface area contributed by atoms with Crippen molar-refractivity contribution in [3.63, 3.8) is 0 Å². The van der Waals surface area contributed by atoms with Crippen LogP contribution in [0.5, 0.6) is 0 Å². The standard InChI is InChI=1S/C19H30N4O4S/c1-2-3-8-21-19(24)16-6-10-22(11-7-16)18-17(5-4-9-20-18)28(25,26)23-12-14-27-15-13-23/h4-5,9,16H,2-3,6-8,10-15H2,1H3,(H,21,24). The van der Waals surface area contributed by atoms with E-state index in [9.17, 15) is 13.2 Å². The second kappa shape index (κ2) is 9.67. The van der Waals surface area contributed by atoms with Crippen LogP contribution in [0.2, 0.25) is 0 Å². The zero-order valence-electron chi connectivity index (χ0n) is 16.5. The smallest absolute Gasteiger partial charge is 0.246 e. The molecule has 3 rings (SSSR count). The van der Waals surface area contributed by atoms with Crippen molar-refractivity contribution in [1.29, 1.82) is 0 Å². The molecule has 0 aromatic carbocycles. The highest BCUT2D eigenvalue weighted by atomic mass is 32.2. The number of sulfonamides is 1. The SMILES string of the molecule is CCCCNC(=O)C1CCN(c2ncccc2S(=O)(=O)N2CCOCC2)CC1. The summed E-state index contributed by atoms with van der Waals surface area (Å²) in [6, 6.07) is 3.28. The van der Waals surface area contributed by atoms with Crippen LogP contribution in [0.4, 0.5) is 5.82 Å². The highest BCUT2D eigenvalue weighted by Gasteiger charge is 2.32. The van der Waals surface area contributed by atoms with Crippen molar-refractivity contribution >= 4 is 21.7 Å². The molecule has 0 spiro atoms. The molecule has 8 nitrogen and oxygen atoms in total. The van der Waals surface area contributed by atoms with Gasteiger partial charge in [-0.15, -0.1) is 0 Å². The molecule has 0 unspecified atom stereocenters. The van der Waals surface area contributed by atoms with E-state index < -0.39 is 10.0 Å². The van der Waals surface area contributed by atoms with Gasteiger partial charge >= 0.3 is 0 Å². The van der Waals surface area contributed by atoms with Gasteiger partial charge in [-0.3, -0.25) is 4.79 Å². The maximum Gasteiger partial charge on any atom is 0.246 e. The zero-order chi connectivity index (χ0) is 20.0. The molecule has 0 radical (unpaired) electrons. The first-order chi connectivity index (χ1) is 13.5. The van der Waals surface area contributed by atoms with Crippen molar-refractivity contribution in [2.75, 3.05) is 50.8 Å². The Morgan fingerprint density at radius 2 is 1.96 bits per heavy atom. The van der Waals surface area contributed by atoms with Gasteiger partial charge in [-0.25, -0.2) is 13.4 Å². The number of anilines is 1. The van der Waals surface area contributed by atoms with Gasteiger partial charge in [0.1, 0.15) is 10.7 Å². The van der Waals surface area contributed by atoms with E-state index in [2.05, 4.69) is 17.2 Å². The summed E-state index contributed by atoms with van der Waals surface area (Å²) >= 11 is 0. The van der Waals surface area contributed by atoms with E-state index >= 15 is 0 Å². The lowest BCUT2D eigenvalue weighted by Gasteiger charge is -2.34. The molecule has 156 valence electrons. The topological polar surface area (TPSA) is 91.8 Å². The molecule has 28 heavy (non-hydrogen) atoms. The number of nitrogens with zero attached hydrogens (tertiary/aromatic N) is 3. The summed E-state index contributed by atoms with van der Waals surface area (Å²) in [6.45, 7) is 5.59. The molecule has 1 N–H and O–H groups in total. The Labute approximate surface area is 167 Å². The normalized spacial score (nSPS) is 19.5. The number of hydrogen-bond acceptors (Lipinski definition) is 6. The molecule has 3 heterocycles. The van der Waals surface area contributed by atoms with Crippen LogP contribution in [0.25, 0.3) is 0 Å². The molecular formula is C19H30N4O4S. The molecule has 0 aliphatic carbocycles. The molecule has 9 heteroatoms. The molecule has 2 aliphatic heterocycles. The summed E-state index contributed by atoms with van der Waals surface area (Å²) in [5.41, 5.74) is 0. The second-order valence-corrected chi connectivity index (χ2v) is 9.15. The maximum absolute atomic E-state index is 13.1. The van der Waals surface area contributed by atoms with Gasteiger partial charge in [0.25, 0.3) is 0 Å². The monoisotopic (exact) mass is 410 g/mol. The summed E-state index contributed by atoms with van der Waals surface area (Å²) in [5.74, 6) is 0.574. The Kier molecular flexibility index (Phi) is 7.25. The van der Waals surface area contributed by atoms with Gasteiger partial charge < -0.3 is 15.0 Å². The van der Waals surface area contributed by atoms with Gasteiger partial charge in [-0.1, -0.05) is 13.3 Å². The third-order valence-corrected chi connectivity index (χ3v) is 7.25. The van der Waals surface area contributed by atoms with E-state index in [1.54, 1.807) is 18.3 Å². The molecule has 0 bridgehead atoms. The Bertz CT molecular complexity index is 757. The lowest BCUT2D eigenvalue weighted by Crippen LogP contribution is -2.43. The average Bonchev–Trinajstić information content (AvgIpc) is 2.74. The number of hydrogen-bond donors (Lipinski definition) is 1. The van der Waals surface area contributed by atoms with Crippen LogP contribution in [0.1, 0.15) is 32.6 Å². The molecule has 0 atom stereocenters. The minimum Gasteiger partial charge on any atom is -0.379 e. The van der Waals surface area contributed by atoms with E-state index in [1.165, 1.54) is 4.31 Å². The number of aromatic nitrogens is 1. The van der Waals surface area contributed by atoms with Gasteiger partial charge in [0.05, 0.1) is 13.2 Å². The first-order valence-corrected chi connectivity index (χ1v) is 11.5. The first-order valence-electron chi connectivity index (χ1n) is 10.1. The highest BCUT2D eigenvalue weighted by Crippen LogP contribution is 2.29. The number of piperidine rings is 1. The maximum atomic E-state index is 13.1. The lowest BCUT2D eigenvalue weighted by atomic mass is 9.96. The number of carbonyl (C=O) groups is 1. The van der Waals surface area contributed by atoms with E-state index in [0.29, 0.717) is 58.1 Å². The summed E-state index contributed by atoms with van der Waals surface area (Å²) in [5, 5.41) is 3.00. The van der Waals surface area contributed by atoms with Crippen LogP contribution in [0.3, 0.4) is 0 Å². The number of ether oxygens (including phenoxy) is 1. The van der Waals surface area contributed by atoms with E-state index in [1.807, 2.05) is 4.90 Å². The number of unbranched alkanes of at least 4 members (excludes halogenated alkanes) is 1. The Balaban J connectivity index is 1.68. The van der Waals surface area contributed by atoms with Crippen LogP contribution in [-0.4, -0.2) is 69.6 Å². The van der Waals surface area contributed by atoms with Crippen LogP contribution in [0, 0.1) is 5.92 Å². The number of pyridine rings is 1. The fourth-order valence-electron chi connectivity index (χ4n) is 3.63. The van der Waals surface area contributed by atoms with E-state index in [0.717, 1.165) is 19.4 Å².